The first-order valence-electron chi connectivity index (χ1n) is 9.54. The standard InChI is InChI=1S/C26H28N2/c1-2-28(26-23-19-15-11-7-4-8-12-16-20-24-26)27-25-21-17-13-9-5-3-6-10-14-18-22-25/h3-24,27H,2H2,1H3/b5-3-,6-3?,7-4-,8-4?,9-5?,10-6-,11-7?,12-8-,13-9-,14-10?,15-11-,16-12?,17-13?,18-14-,19-15?,20-16-,21-17?,22-18?,23-19?,24-20?,25-21?,25-22?,26-23?,26-24?. The van der Waals surface area contributed by atoms with Gasteiger partial charge in [-0.15, -0.1) is 0 Å². The molecule has 142 valence electrons. The maximum atomic E-state index is 3.51. The van der Waals surface area contributed by atoms with Crippen molar-refractivity contribution in [3.05, 3.63) is 145 Å². The van der Waals surface area contributed by atoms with E-state index in [1.165, 1.54) is 0 Å². The number of hydrogen-bond donors (Lipinski definition) is 1. The molecule has 0 bridgehead atoms. The molecule has 2 nitrogen and oxygen atoms in total. The molecule has 0 aromatic heterocycles. The summed E-state index contributed by atoms with van der Waals surface area (Å²) < 4.78 is 0. The van der Waals surface area contributed by atoms with E-state index in [0.29, 0.717) is 0 Å². The first-order valence-corrected chi connectivity index (χ1v) is 9.54. The third kappa shape index (κ3) is 8.72. The summed E-state index contributed by atoms with van der Waals surface area (Å²) >= 11 is 0. The largest absolute Gasteiger partial charge is 0.298 e. The van der Waals surface area contributed by atoms with Gasteiger partial charge >= 0.3 is 0 Å². The molecule has 0 unspecified atom stereocenters. The van der Waals surface area contributed by atoms with Crippen LogP contribution < -0.4 is 5.43 Å². The molecule has 1 N–H and O–H groups in total. The Hall–Kier alpha value is -3.52. The van der Waals surface area contributed by atoms with Gasteiger partial charge in [0.15, 0.2) is 0 Å². The van der Waals surface area contributed by atoms with Crippen molar-refractivity contribution in [2.24, 2.45) is 0 Å². The van der Waals surface area contributed by atoms with Crippen molar-refractivity contribution in [1.29, 1.82) is 0 Å². The molecule has 0 heterocycles. The minimum absolute atomic E-state index is 0.816. The molecule has 0 spiro atoms. The zero-order chi connectivity index (χ0) is 19.7. The minimum atomic E-state index is 0.816. The summed E-state index contributed by atoms with van der Waals surface area (Å²) in [4.78, 5) is 0. The molecule has 0 atom stereocenters. The Kier molecular flexibility index (Phi) is 10.1. The normalized spacial score (nSPS) is 25.8. The molecule has 0 amide bonds. The van der Waals surface area contributed by atoms with Gasteiger partial charge in [-0.2, -0.15) is 0 Å². The van der Waals surface area contributed by atoms with Crippen LogP contribution in [0.1, 0.15) is 6.92 Å². The van der Waals surface area contributed by atoms with Crippen LogP contribution in [-0.2, 0) is 0 Å². The summed E-state index contributed by atoms with van der Waals surface area (Å²) in [6.07, 6.45) is 44.7. The summed E-state index contributed by atoms with van der Waals surface area (Å²) in [7, 11) is 0. The second-order valence-electron chi connectivity index (χ2n) is 5.87. The van der Waals surface area contributed by atoms with Crippen LogP contribution in [0.2, 0.25) is 0 Å². The van der Waals surface area contributed by atoms with E-state index in [4.69, 9.17) is 0 Å². The van der Waals surface area contributed by atoms with Crippen LogP contribution >= 0.6 is 0 Å². The van der Waals surface area contributed by atoms with Gasteiger partial charge in [0.2, 0.25) is 0 Å². The highest BCUT2D eigenvalue weighted by Crippen LogP contribution is 2.08. The van der Waals surface area contributed by atoms with E-state index in [9.17, 15) is 0 Å². The minimum Gasteiger partial charge on any atom is -0.298 e. The monoisotopic (exact) mass is 368 g/mol. The maximum absolute atomic E-state index is 3.51. The van der Waals surface area contributed by atoms with Gasteiger partial charge in [-0.3, -0.25) is 10.4 Å². The van der Waals surface area contributed by atoms with Crippen LogP contribution in [0, 0.1) is 0 Å². The van der Waals surface area contributed by atoms with Crippen molar-refractivity contribution in [3.63, 3.8) is 0 Å². The zero-order valence-electron chi connectivity index (χ0n) is 16.4. The number of hydrogen-bond acceptors (Lipinski definition) is 2. The molecule has 0 saturated heterocycles. The Bertz CT molecular complexity index is 832. The number of nitrogens with one attached hydrogen (secondary N) is 1. The summed E-state index contributed by atoms with van der Waals surface area (Å²) in [6, 6.07) is 0. The molecule has 0 aromatic rings. The van der Waals surface area contributed by atoms with E-state index in [-0.39, 0.29) is 0 Å². The van der Waals surface area contributed by atoms with Gasteiger partial charge in [0.05, 0.1) is 11.4 Å². The summed E-state index contributed by atoms with van der Waals surface area (Å²) in [5, 5.41) is 2.12. The molecule has 2 heteroatoms. The first kappa shape index (κ1) is 20.8. The van der Waals surface area contributed by atoms with Crippen LogP contribution in [0.15, 0.2) is 145 Å². The topological polar surface area (TPSA) is 15.3 Å². The zero-order valence-corrected chi connectivity index (χ0v) is 16.4. The van der Waals surface area contributed by atoms with Gasteiger partial charge in [-0.05, 0) is 31.2 Å². The molecule has 28 heavy (non-hydrogen) atoms. The average Bonchev–Trinajstić information content (AvgIpc) is 2.68. The average molecular weight is 369 g/mol. The third-order valence-corrected chi connectivity index (χ3v) is 3.76. The van der Waals surface area contributed by atoms with E-state index in [2.05, 4.69) is 41.7 Å². The quantitative estimate of drug-likeness (QED) is 0.597. The van der Waals surface area contributed by atoms with Crippen LogP contribution in [0.4, 0.5) is 0 Å². The van der Waals surface area contributed by atoms with Crippen molar-refractivity contribution in [2.75, 3.05) is 6.54 Å². The lowest BCUT2D eigenvalue weighted by Crippen LogP contribution is -2.35. The summed E-state index contributed by atoms with van der Waals surface area (Å²) in [6.45, 7) is 2.94. The van der Waals surface area contributed by atoms with Crippen molar-refractivity contribution >= 4 is 0 Å². The molecule has 0 aromatic carbocycles. The highest BCUT2D eigenvalue weighted by atomic mass is 15.5. The van der Waals surface area contributed by atoms with Crippen LogP contribution in [-0.4, -0.2) is 11.6 Å². The molecule has 2 aliphatic carbocycles. The van der Waals surface area contributed by atoms with E-state index in [0.717, 1.165) is 17.9 Å². The van der Waals surface area contributed by atoms with Gasteiger partial charge in [0.1, 0.15) is 0 Å². The van der Waals surface area contributed by atoms with E-state index >= 15 is 0 Å². The molecule has 0 radical (unpaired) electrons. The molecule has 2 rings (SSSR count). The fourth-order valence-corrected chi connectivity index (χ4v) is 2.37. The maximum Gasteiger partial charge on any atom is 0.0571 e. The van der Waals surface area contributed by atoms with E-state index in [1.807, 2.05) is 109 Å². The van der Waals surface area contributed by atoms with E-state index < -0.39 is 0 Å². The number of likely N-dealkylation sites (N-methyl/N-ethyl adjacent to an activating group) is 1. The molecule has 2 aliphatic rings. The molecular formula is C26H28N2. The second kappa shape index (κ2) is 13.7. The predicted molar refractivity (Wildman–Crippen MR) is 123 cm³/mol. The number of allylic oxidation sites excluding steroid dienone is 22. The van der Waals surface area contributed by atoms with Gasteiger partial charge in [-0.1, -0.05) is 109 Å². The third-order valence-electron chi connectivity index (χ3n) is 3.76. The van der Waals surface area contributed by atoms with Crippen LogP contribution in [0.5, 0.6) is 0 Å². The van der Waals surface area contributed by atoms with Gasteiger partial charge in [-0.25, -0.2) is 0 Å². The van der Waals surface area contributed by atoms with Crippen molar-refractivity contribution in [3.8, 4) is 0 Å². The summed E-state index contributed by atoms with van der Waals surface area (Å²) in [5.74, 6) is 0. The Morgan fingerprint density at radius 3 is 1.50 bits per heavy atom. The lowest BCUT2D eigenvalue weighted by Gasteiger charge is -2.26. The Morgan fingerprint density at radius 1 is 0.536 bits per heavy atom. The van der Waals surface area contributed by atoms with Crippen molar-refractivity contribution < 1.29 is 0 Å². The lowest BCUT2D eigenvalue weighted by molar-refractivity contribution is 0.303. The Balaban J connectivity index is 2.23. The summed E-state index contributed by atoms with van der Waals surface area (Å²) in [5.41, 5.74) is 5.59. The highest BCUT2D eigenvalue weighted by Gasteiger charge is 2.04. The second-order valence-corrected chi connectivity index (χ2v) is 5.87. The number of hydrazine groups is 1. The van der Waals surface area contributed by atoms with Crippen molar-refractivity contribution in [1.82, 2.24) is 10.4 Å². The molecular weight excluding hydrogens is 340 g/mol. The highest BCUT2D eigenvalue weighted by molar-refractivity contribution is 5.32. The molecule has 0 fully saturated rings. The number of rotatable bonds is 4. The van der Waals surface area contributed by atoms with Gasteiger partial charge in [0, 0.05) is 6.54 Å². The van der Waals surface area contributed by atoms with E-state index in [1.54, 1.807) is 0 Å². The predicted octanol–water partition coefficient (Wildman–Crippen LogP) is 6.17. The van der Waals surface area contributed by atoms with Crippen molar-refractivity contribution in [2.45, 2.75) is 6.92 Å². The SMILES string of the molecule is CCN(NC1=C\C=C/C=C\C=C/C=C\C=C1)C1=C\C=C/C=C\C=C/C=C\C=C1. The van der Waals surface area contributed by atoms with Crippen LogP contribution in [0.25, 0.3) is 0 Å². The van der Waals surface area contributed by atoms with Gasteiger partial charge in [0.25, 0.3) is 0 Å². The molecule has 0 aliphatic heterocycles. The fourth-order valence-electron chi connectivity index (χ4n) is 2.37. The molecule has 0 saturated carbocycles. The first-order chi connectivity index (χ1) is 13.9. The van der Waals surface area contributed by atoms with Crippen LogP contribution in [0.3, 0.4) is 0 Å². The lowest BCUT2D eigenvalue weighted by atomic mass is 10.2. The smallest absolute Gasteiger partial charge is 0.0571 e. The number of nitrogens with zero attached hydrogens (tertiary/aromatic N) is 1. The van der Waals surface area contributed by atoms with Gasteiger partial charge < -0.3 is 0 Å². The fraction of sp³-hybridized carbons (Fsp3) is 0.0769. The Morgan fingerprint density at radius 2 is 0.964 bits per heavy atom. The Labute approximate surface area is 169 Å².